The first-order chi connectivity index (χ1) is 18.8. The van der Waals surface area contributed by atoms with Crippen LogP contribution in [0.2, 0.25) is 0 Å². The van der Waals surface area contributed by atoms with E-state index in [1.54, 1.807) is 0 Å². The van der Waals surface area contributed by atoms with Crippen LogP contribution in [0.4, 0.5) is 0 Å². The fourth-order valence-corrected chi connectivity index (χ4v) is 3.52. The maximum absolute atomic E-state index is 12.7. The van der Waals surface area contributed by atoms with Gasteiger partial charge in [-0.15, -0.1) is 0 Å². The zero-order valence-corrected chi connectivity index (χ0v) is 25.3. The highest BCUT2D eigenvalue weighted by Gasteiger charge is 2.24. The predicted octanol–water partition coefficient (Wildman–Crippen LogP) is 2.86. The Morgan fingerprint density at radius 3 is 1.95 bits per heavy atom. The molecule has 0 bridgehead atoms. The third-order valence-corrected chi connectivity index (χ3v) is 5.58. The highest BCUT2D eigenvalue weighted by Crippen LogP contribution is 2.10. The van der Waals surface area contributed by atoms with Crippen molar-refractivity contribution in [1.82, 2.24) is 26.6 Å². The standard InChI is InChI=1S/C29H49N5O6/c1-18(2)12-26(25(36)16-30-14-20(5)6)39-32-17-24(35)22-10-9-11-23(33-22)28(37)34-40-27(13-19(3)4)29(38)31-15-21(7)8/h9-11,18-21,26-27,30,32H,12-17H2,1-8H3,(H,31,38)(H,34,37)/t26-,27-/m1/s1. The van der Waals surface area contributed by atoms with Crippen LogP contribution in [-0.2, 0) is 19.3 Å². The van der Waals surface area contributed by atoms with E-state index < -0.39 is 23.9 Å². The predicted molar refractivity (Wildman–Crippen MR) is 153 cm³/mol. The third-order valence-electron chi connectivity index (χ3n) is 5.58. The van der Waals surface area contributed by atoms with Crippen molar-refractivity contribution in [2.24, 2.45) is 23.7 Å². The molecule has 0 aliphatic rings. The Bertz CT molecular complexity index is 951. The van der Waals surface area contributed by atoms with E-state index in [4.69, 9.17) is 9.68 Å². The number of aromatic nitrogens is 1. The molecule has 0 saturated heterocycles. The zero-order valence-electron chi connectivity index (χ0n) is 25.3. The molecule has 226 valence electrons. The van der Waals surface area contributed by atoms with Gasteiger partial charge >= 0.3 is 0 Å². The molecule has 0 unspecified atom stereocenters. The Morgan fingerprint density at radius 1 is 0.750 bits per heavy atom. The summed E-state index contributed by atoms with van der Waals surface area (Å²) in [4.78, 5) is 65.7. The van der Waals surface area contributed by atoms with Gasteiger partial charge in [0, 0.05) is 6.54 Å². The van der Waals surface area contributed by atoms with Crippen LogP contribution in [0.25, 0.3) is 0 Å². The molecule has 2 atom stereocenters. The van der Waals surface area contributed by atoms with E-state index in [2.05, 4.69) is 40.4 Å². The summed E-state index contributed by atoms with van der Waals surface area (Å²) in [5.41, 5.74) is 4.90. The van der Waals surface area contributed by atoms with Gasteiger partial charge in [0.1, 0.15) is 17.5 Å². The summed E-state index contributed by atoms with van der Waals surface area (Å²) in [7, 11) is 0. The summed E-state index contributed by atoms with van der Waals surface area (Å²) in [6.07, 6.45) is -0.650. The van der Waals surface area contributed by atoms with Crippen molar-refractivity contribution >= 4 is 23.4 Å². The van der Waals surface area contributed by atoms with Crippen molar-refractivity contribution in [2.75, 3.05) is 26.2 Å². The summed E-state index contributed by atoms with van der Waals surface area (Å²) < 4.78 is 0. The van der Waals surface area contributed by atoms with Crippen LogP contribution in [0.3, 0.4) is 0 Å². The Balaban J connectivity index is 2.72. The molecule has 40 heavy (non-hydrogen) atoms. The number of pyridine rings is 1. The number of nitrogens with zero attached hydrogens (tertiary/aromatic N) is 1. The van der Waals surface area contributed by atoms with Gasteiger partial charge < -0.3 is 10.6 Å². The van der Waals surface area contributed by atoms with E-state index >= 15 is 0 Å². The van der Waals surface area contributed by atoms with Gasteiger partial charge in [-0.2, -0.15) is 5.48 Å². The molecule has 11 nitrogen and oxygen atoms in total. The number of carbonyl (C=O) groups is 4. The van der Waals surface area contributed by atoms with E-state index in [0.29, 0.717) is 25.3 Å². The van der Waals surface area contributed by atoms with E-state index in [9.17, 15) is 19.2 Å². The second kappa shape index (κ2) is 18.6. The van der Waals surface area contributed by atoms with Gasteiger partial charge in [0.2, 0.25) is 0 Å². The van der Waals surface area contributed by atoms with Gasteiger partial charge in [0.15, 0.2) is 17.7 Å². The van der Waals surface area contributed by atoms with E-state index in [1.807, 2.05) is 41.5 Å². The van der Waals surface area contributed by atoms with Crippen molar-refractivity contribution < 1.29 is 28.9 Å². The van der Waals surface area contributed by atoms with Crippen LogP contribution in [0.15, 0.2) is 18.2 Å². The molecule has 1 aromatic heterocycles. The molecule has 1 aromatic rings. The molecule has 4 N–H and O–H groups in total. The van der Waals surface area contributed by atoms with Crippen molar-refractivity contribution in [1.29, 1.82) is 0 Å². The lowest BCUT2D eigenvalue weighted by atomic mass is 10.0. The van der Waals surface area contributed by atoms with Gasteiger partial charge in [0.25, 0.3) is 11.8 Å². The van der Waals surface area contributed by atoms with Crippen LogP contribution >= 0.6 is 0 Å². The Labute approximate surface area is 238 Å². The van der Waals surface area contributed by atoms with Gasteiger partial charge in [-0.05, 0) is 55.2 Å². The normalized spacial score (nSPS) is 13.1. The summed E-state index contributed by atoms with van der Waals surface area (Å²) >= 11 is 0. The molecular weight excluding hydrogens is 514 g/mol. The van der Waals surface area contributed by atoms with E-state index in [1.165, 1.54) is 18.2 Å². The molecule has 2 amide bonds. The highest BCUT2D eigenvalue weighted by atomic mass is 16.7. The minimum absolute atomic E-state index is 0.0401. The van der Waals surface area contributed by atoms with Crippen molar-refractivity contribution in [3.8, 4) is 0 Å². The number of rotatable bonds is 20. The average Bonchev–Trinajstić information content (AvgIpc) is 2.88. The quantitative estimate of drug-likeness (QED) is 0.139. The zero-order chi connectivity index (χ0) is 30.2. The van der Waals surface area contributed by atoms with Crippen LogP contribution in [0.5, 0.6) is 0 Å². The summed E-state index contributed by atoms with van der Waals surface area (Å²) in [6.45, 7) is 17.1. The molecule has 0 spiro atoms. The van der Waals surface area contributed by atoms with Gasteiger partial charge in [0.05, 0.1) is 13.1 Å². The molecule has 1 rings (SSSR count). The number of hydrogen-bond donors (Lipinski definition) is 4. The van der Waals surface area contributed by atoms with E-state index in [-0.39, 0.29) is 53.9 Å². The first-order valence-electron chi connectivity index (χ1n) is 14.2. The second-order valence-corrected chi connectivity index (χ2v) is 11.7. The SMILES string of the molecule is CC(C)CNCC(=O)[C@@H](CC(C)C)ONCC(=O)c1cccc(C(=O)NO[C@H](CC(C)C)C(=O)NCC(C)C)n1. The molecule has 0 aliphatic carbocycles. The van der Waals surface area contributed by atoms with E-state index in [0.717, 1.165) is 6.54 Å². The van der Waals surface area contributed by atoms with Crippen LogP contribution in [0, 0.1) is 23.7 Å². The Kier molecular flexibility index (Phi) is 16.4. The number of Topliss-reactive ketones (excluding diaryl/α,β-unsaturated/α-hetero) is 2. The summed E-state index contributed by atoms with van der Waals surface area (Å²) in [5.74, 6) is -0.438. The van der Waals surface area contributed by atoms with Crippen molar-refractivity contribution in [3.05, 3.63) is 29.6 Å². The summed E-state index contributed by atoms with van der Waals surface area (Å²) in [6, 6.07) is 4.45. The monoisotopic (exact) mass is 563 g/mol. The number of nitrogens with one attached hydrogen (secondary N) is 4. The van der Waals surface area contributed by atoms with Crippen LogP contribution in [-0.4, -0.2) is 66.8 Å². The van der Waals surface area contributed by atoms with Gasteiger partial charge in [-0.1, -0.05) is 61.5 Å². The lowest BCUT2D eigenvalue weighted by Crippen LogP contribution is -2.43. The number of ketones is 2. The van der Waals surface area contributed by atoms with Gasteiger partial charge in [-0.3, -0.25) is 28.9 Å². The lowest BCUT2D eigenvalue weighted by Gasteiger charge is -2.20. The molecular formula is C29H49N5O6. The number of hydrogen-bond acceptors (Lipinski definition) is 9. The number of amides is 2. The molecule has 0 saturated carbocycles. The van der Waals surface area contributed by atoms with Crippen molar-refractivity contribution in [2.45, 2.75) is 80.4 Å². The van der Waals surface area contributed by atoms with Crippen molar-refractivity contribution in [3.63, 3.8) is 0 Å². The molecule has 0 aliphatic heterocycles. The summed E-state index contributed by atoms with van der Waals surface area (Å²) in [5, 5.41) is 5.93. The Hall–Kier alpha value is -2.73. The first kappa shape index (κ1) is 35.3. The highest BCUT2D eigenvalue weighted by molar-refractivity contribution is 5.98. The van der Waals surface area contributed by atoms with Crippen LogP contribution < -0.4 is 21.6 Å². The number of hydroxylamine groups is 2. The Morgan fingerprint density at radius 2 is 1.35 bits per heavy atom. The minimum atomic E-state index is -0.865. The maximum atomic E-state index is 12.7. The molecule has 1 heterocycles. The molecule has 11 heteroatoms. The number of carbonyl (C=O) groups excluding carboxylic acids is 4. The largest absolute Gasteiger partial charge is 0.354 e. The first-order valence-corrected chi connectivity index (χ1v) is 14.2. The molecule has 0 aromatic carbocycles. The average molecular weight is 564 g/mol. The second-order valence-electron chi connectivity index (χ2n) is 11.7. The maximum Gasteiger partial charge on any atom is 0.293 e. The van der Waals surface area contributed by atoms with Gasteiger partial charge in [-0.25, -0.2) is 10.5 Å². The minimum Gasteiger partial charge on any atom is -0.354 e. The molecule has 0 fully saturated rings. The third kappa shape index (κ3) is 14.6. The van der Waals surface area contributed by atoms with Crippen LogP contribution in [0.1, 0.15) is 89.2 Å². The lowest BCUT2D eigenvalue weighted by molar-refractivity contribution is -0.138. The fourth-order valence-electron chi connectivity index (χ4n) is 3.52. The topological polar surface area (TPSA) is 148 Å². The molecule has 0 radical (unpaired) electrons. The fraction of sp³-hybridized carbons (Fsp3) is 0.690. The smallest absolute Gasteiger partial charge is 0.293 e.